The van der Waals surface area contributed by atoms with Crippen LogP contribution in [0.4, 0.5) is 5.00 Å². The van der Waals surface area contributed by atoms with Crippen LogP contribution in [0.1, 0.15) is 54.8 Å². The summed E-state index contributed by atoms with van der Waals surface area (Å²) in [7, 11) is 0. The maximum absolute atomic E-state index is 12.1. The molecule has 8 heteroatoms. The van der Waals surface area contributed by atoms with Gasteiger partial charge < -0.3 is 19.5 Å². The lowest BCUT2D eigenvalue weighted by Gasteiger charge is -2.10. The van der Waals surface area contributed by atoms with Gasteiger partial charge in [-0.05, 0) is 31.7 Å². The molecule has 1 aromatic rings. The Hall–Kier alpha value is -1.93. The molecule has 0 spiro atoms. The maximum atomic E-state index is 12.1. The second-order valence-corrected chi connectivity index (χ2v) is 7.01. The molecule has 1 aliphatic rings. The summed E-state index contributed by atoms with van der Waals surface area (Å²) in [5.74, 6) is -1.32. The molecule has 0 aliphatic carbocycles. The van der Waals surface area contributed by atoms with E-state index in [9.17, 15) is 14.4 Å². The van der Waals surface area contributed by atoms with E-state index < -0.39 is 30.6 Å². The number of carbonyl (C=O) groups excluding carboxylic acids is 3. The first-order chi connectivity index (χ1) is 11.9. The van der Waals surface area contributed by atoms with Gasteiger partial charge >= 0.3 is 11.9 Å². The largest absolute Gasteiger partial charge is 0.462 e. The van der Waals surface area contributed by atoms with Crippen LogP contribution in [0.15, 0.2) is 6.07 Å². The number of thiophene rings is 1. The highest BCUT2D eigenvalue weighted by atomic mass is 32.1. The van der Waals surface area contributed by atoms with Crippen LogP contribution in [-0.2, 0) is 23.8 Å². The van der Waals surface area contributed by atoms with Crippen molar-refractivity contribution in [1.82, 2.24) is 0 Å². The summed E-state index contributed by atoms with van der Waals surface area (Å²) in [6.45, 7) is 6.07. The number of amides is 1. The van der Waals surface area contributed by atoms with Gasteiger partial charge in [-0.25, -0.2) is 9.59 Å². The molecule has 1 amide bonds. The summed E-state index contributed by atoms with van der Waals surface area (Å²) in [5.41, 5.74) is 0.314. The van der Waals surface area contributed by atoms with Crippen molar-refractivity contribution in [3.63, 3.8) is 0 Å². The van der Waals surface area contributed by atoms with Crippen LogP contribution in [0.3, 0.4) is 0 Å². The van der Waals surface area contributed by atoms with E-state index in [-0.39, 0.29) is 12.5 Å². The molecule has 7 nitrogen and oxygen atoms in total. The molecule has 0 radical (unpaired) electrons. The van der Waals surface area contributed by atoms with E-state index in [1.54, 1.807) is 13.0 Å². The Kier molecular flexibility index (Phi) is 6.95. The topological polar surface area (TPSA) is 90.9 Å². The molecule has 25 heavy (non-hydrogen) atoms. The van der Waals surface area contributed by atoms with E-state index in [1.165, 1.54) is 11.3 Å². The number of carbonyl (C=O) groups is 3. The first-order valence-corrected chi connectivity index (χ1v) is 9.13. The van der Waals surface area contributed by atoms with Crippen LogP contribution in [-0.4, -0.2) is 43.8 Å². The molecule has 1 aliphatic heterocycles. The predicted octanol–water partition coefficient (Wildman–Crippen LogP) is 2.71. The van der Waals surface area contributed by atoms with Crippen LogP contribution < -0.4 is 5.32 Å². The molecule has 2 heterocycles. The SMILES string of the molecule is CCOC(=O)c1cc(C(C)C)sc1NC(=O)COC(=O)[C@@H]1CCCO1. The summed E-state index contributed by atoms with van der Waals surface area (Å²) in [5, 5.41) is 3.03. The lowest BCUT2D eigenvalue weighted by atomic mass is 10.1. The van der Waals surface area contributed by atoms with E-state index >= 15 is 0 Å². The van der Waals surface area contributed by atoms with Crippen molar-refractivity contribution in [3.8, 4) is 0 Å². The normalized spacial score (nSPS) is 16.7. The number of rotatable bonds is 7. The molecule has 0 unspecified atom stereocenters. The van der Waals surface area contributed by atoms with Gasteiger partial charge in [-0.1, -0.05) is 13.8 Å². The highest BCUT2D eigenvalue weighted by Gasteiger charge is 2.26. The summed E-state index contributed by atoms with van der Waals surface area (Å²) in [6, 6.07) is 1.72. The van der Waals surface area contributed by atoms with E-state index in [1.807, 2.05) is 13.8 Å². The van der Waals surface area contributed by atoms with Crippen LogP contribution >= 0.6 is 11.3 Å². The Bertz CT molecular complexity index is 633. The minimum Gasteiger partial charge on any atom is -0.462 e. The van der Waals surface area contributed by atoms with Crippen LogP contribution in [0.25, 0.3) is 0 Å². The van der Waals surface area contributed by atoms with Crippen LogP contribution in [0.5, 0.6) is 0 Å². The minimum absolute atomic E-state index is 0.209. The minimum atomic E-state index is -0.586. The molecule has 1 fully saturated rings. The summed E-state index contributed by atoms with van der Waals surface area (Å²) >= 11 is 1.31. The molecule has 1 aromatic heterocycles. The van der Waals surface area contributed by atoms with E-state index in [4.69, 9.17) is 14.2 Å². The molecule has 1 atom stereocenters. The number of hydrogen-bond acceptors (Lipinski definition) is 7. The van der Waals surface area contributed by atoms with Gasteiger partial charge in [0, 0.05) is 11.5 Å². The fourth-order valence-electron chi connectivity index (χ4n) is 2.30. The molecule has 2 rings (SSSR count). The number of ether oxygens (including phenoxy) is 3. The third kappa shape index (κ3) is 5.27. The molecule has 1 saturated heterocycles. The lowest BCUT2D eigenvalue weighted by molar-refractivity contribution is -0.156. The first kappa shape index (κ1) is 19.4. The quantitative estimate of drug-likeness (QED) is 0.743. The maximum Gasteiger partial charge on any atom is 0.341 e. The zero-order chi connectivity index (χ0) is 18.4. The zero-order valence-electron chi connectivity index (χ0n) is 14.6. The van der Waals surface area contributed by atoms with E-state index in [0.29, 0.717) is 23.6 Å². The number of anilines is 1. The van der Waals surface area contributed by atoms with Crippen molar-refractivity contribution in [2.75, 3.05) is 25.1 Å². The fraction of sp³-hybridized carbons (Fsp3) is 0.588. The van der Waals surface area contributed by atoms with E-state index in [0.717, 1.165) is 11.3 Å². The Morgan fingerprint density at radius 1 is 1.36 bits per heavy atom. The molecule has 138 valence electrons. The average Bonchev–Trinajstić information content (AvgIpc) is 3.22. The average molecular weight is 369 g/mol. The Morgan fingerprint density at radius 2 is 2.12 bits per heavy atom. The van der Waals surface area contributed by atoms with Gasteiger partial charge in [0.1, 0.15) is 5.00 Å². The van der Waals surface area contributed by atoms with E-state index in [2.05, 4.69) is 5.32 Å². The smallest absolute Gasteiger partial charge is 0.341 e. The number of hydrogen-bond donors (Lipinski definition) is 1. The summed E-state index contributed by atoms with van der Waals surface area (Å²) in [6.07, 6.45) is 0.829. The Labute approximate surface area is 150 Å². The van der Waals surface area contributed by atoms with Crippen molar-refractivity contribution in [2.24, 2.45) is 0 Å². The van der Waals surface area contributed by atoms with Gasteiger partial charge in [0.15, 0.2) is 12.7 Å². The van der Waals surface area contributed by atoms with Crippen molar-refractivity contribution in [3.05, 3.63) is 16.5 Å². The first-order valence-electron chi connectivity index (χ1n) is 8.31. The fourth-order valence-corrected chi connectivity index (χ4v) is 3.37. The molecular formula is C17H23NO6S. The molecule has 0 aromatic carbocycles. The van der Waals surface area contributed by atoms with Gasteiger partial charge in [0.2, 0.25) is 0 Å². The zero-order valence-corrected chi connectivity index (χ0v) is 15.4. The van der Waals surface area contributed by atoms with Crippen LogP contribution in [0, 0.1) is 0 Å². The van der Waals surface area contributed by atoms with Gasteiger partial charge in [-0.15, -0.1) is 11.3 Å². The number of esters is 2. The molecule has 0 bridgehead atoms. The molecule has 0 saturated carbocycles. The summed E-state index contributed by atoms with van der Waals surface area (Å²) < 4.78 is 15.2. The summed E-state index contributed by atoms with van der Waals surface area (Å²) in [4.78, 5) is 36.8. The van der Waals surface area contributed by atoms with Gasteiger partial charge in [0.25, 0.3) is 5.91 Å². The second kappa shape index (κ2) is 8.96. The van der Waals surface area contributed by atoms with Crippen molar-refractivity contribution < 1.29 is 28.6 Å². The predicted molar refractivity (Wildman–Crippen MR) is 92.9 cm³/mol. The molecule has 1 N–H and O–H groups in total. The van der Waals surface area contributed by atoms with Crippen molar-refractivity contribution >= 4 is 34.2 Å². The van der Waals surface area contributed by atoms with Gasteiger partial charge in [0.05, 0.1) is 12.2 Å². The third-order valence-corrected chi connectivity index (χ3v) is 4.96. The Balaban J connectivity index is 1.98. The van der Waals surface area contributed by atoms with Crippen molar-refractivity contribution in [2.45, 2.75) is 45.6 Å². The van der Waals surface area contributed by atoms with Crippen LogP contribution in [0.2, 0.25) is 0 Å². The highest BCUT2D eigenvalue weighted by Crippen LogP contribution is 2.33. The third-order valence-electron chi connectivity index (χ3n) is 3.61. The van der Waals surface area contributed by atoms with Gasteiger partial charge in [-0.3, -0.25) is 4.79 Å². The standard InChI is InChI=1S/C17H23NO6S/c1-4-22-16(20)11-8-13(10(2)3)25-15(11)18-14(19)9-24-17(21)12-6-5-7-23-12/h8,10,12H,4-7,9H2,1-3H3,(H,18,19)/t12-/m0/s1. The molecular weight excluding hydrogens is 346 g/mol. The van der Waals surface area contributed by atoms with Gasteiger partial charge in [-0.2, -0.15) is 0 Å². The number of nitrogens with one attached hydrogen (secondary N) is 1. The Morgan fingerprint density at radius 3 is 2.72 bits per heavy atom. The van der Waals surface area contributed by atoms with Crippen molar-refractivity contribution in [1.29, 1.82) is 0 Å². The lowest BCUT2D eigenvalue weighted by Crippen LogP contribution is -2.27. The second-order valence-electron chi connectivity index (χ2n) is 5.92. The monoisotopic (exact) mass is 369 g/mol. The highest BCUT2D eigenvalue weighted by molar-refractivity contribution is 7.16.